The van der Waals surface area contributed by atoms with Gasteiger partial charge in [-0.05, 0) is 118 Å². The van der Waals surface area contributed by atoms with E-state index in [0.29, 0.717) is 23.3 Å². The van der Waals surface area contributed by atoms with E-state index in [1.54, 1.807) is 7.11 Å². The summed E-state index contributed by atoms with van der Waals surface area (Å²) < 4.78 is 24.1. The topological polar surface area (TPSA) is 97.0 Å². The molecule has 10 aromatic rings. The van der Waals surface area contributed by atoms with Gasteiger partial charge in [0.15, 0.2) is 16.7 Å². The van der Waals surface area contributed by atoms with E-state index in [4.69, 9.17) is 32.9 Å². The summed E-state index contributed by atoms with van der Waals surface area (Å²) >= 11 is 0. The molecule has 0 amide bonds. The van der Waals surface area contributed by atoms with E-state index in [1.165, 1.54) is 0 Å². The van der Waals surface area contributed by atoms with E-state index in [-0.39, 0.29) is 0 Å². The standard InChI is InChI=1S/C52H44N6O4/c1-56(2)40-20-22-43-46(28-40)60-50(53-43)34-14-8-31(9-15-34)37-24-38(32-10-16-35(17-11-32)51-54-44-23-21-42(59-7)30-47(44)61-51)26-39(25-37)33-12-18-36(19-13-33)52-55-49-45(58(5)6)27-41(57(3)4)29-48(49)62-52/h8-30H,1-7H3. The van der Waals surface area contributed by atoms with Crippen LogP contribution in [-0.2, 0) is 0 Å². The Labute approximate surface area is 359 Å². The van der Waals surface area contributed by atoms with Crippen molar-refractivity contribution in [3.63, 3.8) is 0 Å². The molecule has 0 fully saturated rings. The molecule has 0 aliphatic heterocycles. The molecule has 0 radical (unpaired) electrons. The SMILES string of the molecule is COc1ccc2nc(-c3ccc(-c4cc(-c5ccc(-c6nc7ccc(N(C)C)cc7o6)cc5)cc(-c5ccc(-c6nc7c(N(C)C)cc(N(C)C)cc7o6)cc5)c4)cc3)oc2c1. The van der Waals surface area contributed by atoms with Crippen LogP contribution in [0.25, 0.3) is 101 Å². The second-order valence-electron chi connectivity index (χ2n) is 16.1. The van der Waals surface area contributed by atoms with Crippen molar-refractivity contribution in [3.8, 4) is 73.5 Å². The molecule has 0 N–H and O–H groups in total. The monoisotopic (exact) mass is 816 g/mol. The van der Waals surface area contributed by atoms with Gasteiger partial charge in [0.05, 0.1) is 12.8 Å². The summed E-state index contributed by atoms with van der Waals surface area (Å²) in [6.45, 7) is 0. The minimum atomic E-state index is 0.557. The molecule has 7 aromatic carbocycles. The first-order valence-electron chi connectivity index (χ1n) is 20.4. The van der Waals surface area contributed by atoms with Crippen LogP contribution in [0.5, 0.6) is 5.75 Å². The molecule has 10 rings (SSSR count). The van der Waals surface area contributed by atoms with Gasteiger partial charge in [0.1, 0.15) is 22.3 Å². The lowest BCUT2D eigenvalue weighted by Gasteiger charge is -2.17. The van der Waals surface area contributed by atoms with Crippen molar-refractivity contribution >= 4 is 50.4 Å². The highest BCUT2D eigenvalue weighted by molar-refractivity contribution is 5.93. The van der Waals surface area contributed by atoms with Crippen molar-refractivity contribution in [2.24, 2.45) is 0 Å². The number of anilines is 3. The minimum Gasteiger partial charge on any atom is -0.497 e. The number of benzene rings is 7. The van der Waals surface area contributed by atoms with Gasteiger partial charge in [0.25, 0.3) is 0 Å². The highest BCUT2D eigenvalue weighted by Crippen LogP contribution is 2.38. The van der Waals surface area contributed by atoms with Crippen LogP contribution in [0, 0.1) is 0 Å². The molecular formula is C52H44N6O4. The Bertz CT molecular complexity index is 3250. The van der Waals surface area contributed by atoms with Gasteiger partial charge in [-0.25, -0.2) is 15.0 Å². The second kappa shape index (κ2) is 15.3. The van der Waals surface area contributed by atoms with Crippen molar-refractivity contribution in [2.45, 2.75) is 0 Å². The molecule has 0 saturated carbocycles. The lowest BCUT2D eigenvalue weighted by Crippen LogP contribution is -2.12. The summed E-state index contributed by atoms with van der Waals surface area (Å²) in [6.07, 6.45) is 0. The van der Waals surface area contributed by atoms with Crippen LogP contribution in [-0.4, -0.2) is 64.3 Å². The molecule has 0 aliphatic rings. The summed E-state index contributed by atoms with van der Waals surface area (Å²) in [7, 11) is 13.8. The fourth-order valence-corrected chi connectivity index (χ4v) is 7.73. The lowest BCUT2D eigenvalue weighted by molar-refractivity contribution is 0.414. The van der Waals surface area contributed by atoms with Gasteiger partial charge in [-0.3, -0.25) is 0 Å². The molecule has 0 bridgehead atoms. The van der Waals surface area contributed by atoms with Crippen LogP contribution in [0.1, 0.15) is 0 Å². The Morgan fingerprint density at radius 2 is 0.790 bits per heavy atom. The number of rotatable bonds is 10. The first-order valence-corrected chi connectivity index (χ1v) is 20.4. The van der Waals surface area contributed by atoms with Gasteiger partial charge in [0.2, 0.25) is 17.7 Å². The van der Waals surface area contributed by atoms with Gasteiger partial charge in [0, 0.05) is 88.6 Å². The quantitative estimate of drug-likeness (QED) is 0.133. The number of oxazole rings is 3. The largest absolute Gasteiger partial charge is 0.497 e. The predicted octanol–water partition coefficient (Wildman–Crippen LogP) is 12.3. The van der Waals surface area contributed by atoms with Gasteiger partial charge < -0.3 is 32.7 Å². The Kier molecular flexibility index (Phi) is 9.48. The van der Waals surface area contributed by atoms with Crippen LogP contribution < -0.4 is 19.4 Å². The number of aromatic nitrogens is 3. The van der Waals surface area contributed by atoms with E-state index in [2.05, 4.69) is 112 Å². The first-order chi connectivity index (χ1) is 30.1. The average molecular weight is 817 g/mol. The van der Waals surface area contributed by atoms with Gasteiger partial charge >= 0.3 is 0 Å². The summed E-state index contributed by atoms with van der Waals surface area (Å²) in [4.78, 5) is 20.7. The molecule has 3 heterocycles. The first kappa shape index (κ1) is 38.4. The Balaban J connectivity index is 1.01. The van der Waals surface area contributed by atoms with Gasteiger partial charge in [-0.15, -0.1) is 0 Å². The van der Waals surface area contributed by atoms with Crippen molar-refractivity contribution in [2.75, 3.05) is 64.1 Å². The maximum Gasteiger partial charge on any atom is 0.227 e. The summed E-state index contributed by atoms with van der Waals surface area (Å²) in [6, 6.07) is 47.8. The van der Waals surface area contributed by atoms with Gasteiger partial charge in [-0.1, -0.05) is 36.4 Å². The number of methoxy groups -OCH3 is 1. The molecule has 0 atom stereocenters. The summed E-state index contributed by atoms with van der Waals surface area (Å²) in [5.74, 6) is 2.45. The lowest BCUT2D eigenvalue weighted by atomic mass is 9.92. The molecule has 10 nitrogen and oxygen atoms in total. The van der Waals surface area contributed by atoms with Gasteiger partial charge in [-0.2, -0.15) is 0 Å². The number of fused-ring (bicyclic) bond motifs is 3. The minimum absolute atomic E-state index is 0.557. The Morgan fingerprint density at radius 1 is 0.371 bits per heavy atom. The molecule has 0 aliphatic carbocycles. The predicted molar refractivity (Wildman–Crippen MR) is 251 cm³/mol. The molecule has 0 spiro atoms. The van der Waals surface area contributed by atoms with Crippen LogP contribution >= 0.6 is 0 Å². The number of nitrogens with zero attached hydrogens (tertiary/aromatic N) is 6. The van der Waals surface area contributed by atoms with E-state index in [9.17, 15) is 0 Å². The molecule has 3 aromatic heterocycles. The van der Waals surface area contributed by atoms with Crippen LogP contribution in [0.3, 0.4) is 0 Å². The molecule has 0 unspecified atom stereocenters. The highest BCUT2D eigenvalue weighted by atomic mass is 16.5. The second-order valence-corrected chi connectivity index (χ2v) is 16.1. The fourth-order valence-electron chi connectivity index (χ4n) is 7.73. The Hall–Kier alpha value is -7.85. The van der Waals surface area contributed by atoms with Crippen LogP contribution in [0.4, 0.5) is 17.1 Å². The van der Waals surface area contributed by atoms with E-state index in [1.807, 2.05) is 84.8 Å². The third-order valence-corrected chi connectivity index (χ3v) is 11.3. The molecule has 10 heteroatoms. The van der Waals surface area contributed by atoms with E-state index >= 15 is 0 Å². The molecular weight excluding hydrogens is 773 g/mol. The number of hydrogen-bond donors (Lipinski definition) is 0. The van der Waals surface area contributed by atoms with Crippen molar-refractivity contribution < 1.29 is 18.0 Å². The molecule has 62 heavy (non-hydrogen) atoms. The maximum absolute atomic E-state index is 6.38. The highest BCUT2D eigenvalue weighted by Gasteiger charge is 2.17. The maximum atomic E-state index is 6.38. The van der Waals surface area contributed by atoms with E-state index < -0.39 is 0 Å². The summed E-state index contributed by atoms with van der Waals surface area (Å²) in [5.41, 5.74) is 16.9. The number of hydrogen-bond acceptors (Lipinski definition) is 10. The van der Waals surface area contributed by atoms with Crippen LogP contribution in [0.15, 0.2) is 153 Å². The fraction of sp³-hybridized carbons (Fsp3) is 0.135. The average Bonchev–Trinajstić information content (AvgIpc) is 4.05. The Morgan fingerprint density at radius 3 is 1.26 bits per heavy atom. The van der Waals surface area contributed by atoms with Crippen LogP contribution in [0.2, 0.25) is 0 Å². The van der Waals surface area contributed by atoms with Crippen molar-refractivity contribution in [1.29, 1.82) is 0 Å². The third kappa shape index (κ3) is 7.15. The zero-order valence-electron chi connectivity index (χ0n) is 35.6. The summed E-state index contributed by atoms with van der Waals surface area (Å²) in [5, 5.41) is 0. The number of ether oxygens (including phenoxy) is 1. The smallest absolute Gasteiger partial charge is 0.227 e. The zero-order valence-corrected chi connectivity index (χ0v) is 35.6. The zero-order chi connectivity index (χ0) is 42.6. The molecule has 0 saturated heterocycles. The van der Waals surface area contributed by atoms with E-state index in [0.717, 1.165) is 101 Å². The van der Waals surface area contributed by atoms with Crippen molar-refractivity contribution in [1.82, 2.24) is 15.0 Å². The van der Waals surface area contributed by atoms with Crippen molar-refractivity contribution in [3.05, 3.63) is 140 Å². The normalized spacial score (nSPS) is 11.5. The third-order valence-electron chi connectivity index (χ3n) is 11.3. The molecule has 306 valence electrons.